The van der Waals surface area contributed by atoms with Gasteiger partial charge in [0.1, 0.15) is 5.78 Å². The zero-order valence-electron chi connectivity index (χ0n) is 5.93. The highest BCUT2D eigenvalue weighted by molar-refractivity contribution is 14.2. The standard InChI is InChI=1S/C6H8I2O3/c1-4(9)2-6(7,8)3-5(10)11/h2-3H2,1H3,(H,10,11). The van der Waals surface area contributed by atoms with E-state index in [2.05, 4.69) is 0 Å². The van der Waals surface area contributed by atoms with E-state index in [1.54, 1.807) is 0 Å². The monoisotopic (exact) mass is 382 g/mol. The normalized spacial score (nSPS) is 11.2. The Balaban J connectivity index is 3.99. The molecule has 3 nitrogen and oxygen atoms in total. The number of carboxylic acid groups (broad SMARTS) is 1. The third-order valence-corrected chi connectivity index (χ3v) is 2.44. The lowest BCUT2D eigenvalue weighted by atomic mass is 10.2. The number of rotatable bonds is 4. The summed E-state index contributed by atoms with van der Waals surface area (Å²) in [5.41, 5.74) is 0. The summed E-state index contributed by atoms with van der Waals surface area (Å²) in [4.78, 5) is 20.9. The molecule has 0 rings (SSSR count). The van der Waals surface area contributed by atoms with Gasteiger partial charge in [0.15, 0.2) is 0 Å². The number of aliphatic carboxylic acids is 1. The third-order valence-electron chi connectivity index (χ3n) is 0.917. The van der Waals surface area contributed by atoms with Crippen molar-refractivity contribution >= 4 is 56.9 Å². The van der Waals surface area contributed by atoms with Crippen molar-refractivity contribution < 1.29 is 14.7 Å². The third kappa shape index (κ3) is 6.98. The molecule has 0 spiro atoms. The van der Waals surface area contributed by atoms with Gasteiger partial charge in [-0.25, -0.2) is 0 Å². The van der Waals surface area contributed by atoms with E-state index in [0.29, 0.717) is 6.42 Å². The van der Waals surface area contributed by atoms with Crippen LogP contribution in [0.5, 0.6) is 0 Å². The van der Waals surface area contributed by atoms with Gasteiger partial charge in [-0.2, -0.15) is 0 Å². The van der Waals surface area contributed by atoms with Gasteiger partial charge in [-0.1, -0.05) is 45.2 Å². The molecule has 0 aliphatic rings. The number of carboxylic acids is 1. The van der Waals surface area contributed by atoms with Crippen LogP contribution >= 0.6 is 45.2 Å². The number of hydrogen-bond donors (Lipinski definition) is 1. The van der Waals surface area contributed by atoms with Crippen molar-refractivity contribution in [2.75, 3.05) is 0 Å². The van der Waals surface area contributed by atoms with Crippen LogP contribution in [-0.2, 0) is 9.59 Å². The summed E-state index contributed by atoms with van der Waals surface area (Å²) >= 11 is 3.98. The predicted octanol–water partition coefficient (Wildman–Crippen LogP) is 2.01. The molecule has 5 heteroatoms. The summed E-state index contributed by atoms with van der Waals surface area (Å²) in [5.74, 6) is -0.842. The lowest BCUT2D eigenvalue weighted by Gasteiger charge is -2.15. The quantitative estimate of drug-likeness (QED) is 0.598. The highest BCUT2D eigenvalue weighted by Gasteiger charge is 2.27. The average Bonchev–Trinajstić information content (AvgIpc) is 1.53. The van der Waals surface area contributed by atoms with E-state index in [9.17, 15) is 9.59 Å². The maximum Gasteiger partial charge on any atom is 0.305 e. The van der Waals surface area contributed by atoms with Gasteiger partial charge in [0.05, 0.1) is 7.85 Å². The topological polar surface area (TPSA) is 54.4 Å². The van der Waals surface area contributed by atoms with Crippen LogP contribution in [0.15, 0.2) is 0 Å². The van der Waals surface area contributed by atoms with Crippen molar-refractivity contribution in [1.82, 2.24) is 0 Å². The Hall–Kier alpha value is 0.600. The first-order valence-corrected chi connectivity index (χ1v) is 5.08. The molecule has 0 radical (unpaired) electrons. The van der Waals surface area contributed by atoms with Crippen molar-refractivity contribution in [2.24, 2.45) is 0 Å². The molecule has 0 aromatic carbocycles. The molecule has 0 heterocycles. The lowest BCUT2D eigenvalue weighted by Crippen LogP contribution is -2.19. The van der Waals surface area contributed by atoms with E-state index in [-0.39, 0.29) is 12.2 Å². The van der Waals surface area contributed by atoms with Gasteiger partial charge in [0.2, 0.25) is 0 Å². The first-order chi connectivity index (χ1) is 4.83. The molecule has 0 saturated carbocycles. The van der Waals surface area contributed by atoms with Gasteiger partial charge < -0.3 is 5.11 Å². The summed E-state index contributed by atoms with van der Waals surface area (Å²) in [7, 11) is 0. The fourth-order valence-corrected chi connectivity index (χ4v) is 2.37. The minimum Gasteiger partial charge on any atom is -0.481 e. The SMILES string of the molecule is CC(=O)CC(I)(I)CC(=O)O. The Bertz CT molecular complexity index is 159. The van der Waals surface area contributed by atoms with Crippen LogP contribution in [0.1, 0.15) is 19.8 Å². The Morgan fingerprint density at radius 2 is 1.82 bits per heavy atom. The molecule has 0 fully saturated rings. The van der Waals surface area contributed by atoms with Gasteiger partial charge in [-0.3, -0.25) is 9.59 Å². The minimum atomic E-state index is -0.866. The van der Waals surface area contributed by atoms with Crippen LogP contribution < -0.4 is 0 Å². The summed E-state index contributed by atoms with van der Waals surface area (Å²) in [6, 6.07) is 0. The Kier molecular flexibility index (Phi) is 4.83. The number of hydrogen-bond acceptors (Lipinski definition) is 2. The summed E-state index contributed by atoms with van der Waals surface area (Å²) in [6.07, 6.45) is 0.327. The summed E-state index contributed by atoms with van der Waals surface area (Å²) in [6.45, 7) is 1.47. The zero-order valence-corrected chi connectivity index (χ0v) is 10.2. The van der Waals surface area contributed by atoms with Crippen LogP contribution in [0, 0.1) is 0 Å². The van der Waals surface area contributed by atoms with Crippen molar-refractivity contribution in [3.8, 4) is 0 Å². The molecule has 1 N–H and O–H groups in total. The molecule has 0 unspecified atom stereocenters. The van der Waals surface area contributed by atoms with Crippen molar-refractivity contribution in [3.05, 3.63) is 0 Å². The maximum atomic E-state index is 10.6. The maximum absolute atomic E-state index is 10.6. The molecule has 0 aromatic rings. The van der Waals surface area contributed by atoms with Crippen molar-refractivity contribution in [3.63, 3.8) is 0 Å². The number of halogens is 2. The van der Waals surface area contributed by atoms with Gasteiger partial charge in [-0.05, 0) is 6.92 Å². The second kappa shape index (κ2) is 4.58. The number of Topliss-reactive ketones (excluding diaryl/α,β-unsaturated/α-hetero) is 1. The predicted molar refractivity (Wildman–Crippen MR) is 58.3 cm³/mol. The van der Waals surface area contributed by atoms with Crippen LogP contribution in [0.3, 0.4) is 0 Å². The Morgan fingerprint density at radius 3 is 2.09 bits per heavy atom. The first kappa shape index (κ1) is 11.6. The second-order valence-electron chi connectivity index (χ2n) is 2.31. The molecule has 0 saturated heterocycles. The average molecular weight is 382 g/mol. The van der Waals surface area contributed by atoms with Gasteiger partial charge in [0.25, 0.3) is 0 Å². The number of carbonyl (C=O) groups is 2. The second-order valence-corrected chi connectivity index (χ2v) is 8.50. The van der Waals surface area contributed by atoms with E-state index in [4.69, 9.17) is 5.11 Å². The van der Waals surface area contributed by atoms with Crippen LogP contribution in [0.25, 0.3) is 0 Å². The van der Waals surface area contributed by atoms with Crippen LogP contribution in [0.4, 0.5) is 0 Å². The molecule has 0 amide bonds. The Morgan fingerprint density at radius 1 is 1.36 bits per heavy atom. The van der Waals surface area contributed by atoms with E-state index in [0.717, 1.165) is 0 Å². The minimum absolute atomic E-state index is 0.0215. The van der Waals surface area contributed by atoms with E-state index >= 15 is 0 Å². The molecule has 0 aliphatic carbocycles. The van der Waals surface area contributed by atoms with E-state index in [1.165, 1.54) is 6.92 Å². The lowest BCUT2D eigenvalue weighted by molar-refractivity contribution is -0.137. The Labute approximate surface area is 92.2 Å². The molecular formula is C6H8I2O3. The highest BCUT2D eigenvalue weighted by Crippen LogP contribution is 2.35. The summed E-state index contributed by atoms with van der Waals surface area (Å²) in [5, 5.41) is 8.44. The van der Waals surface area contributed by atoms with Crippen LogP contribution in [-0.4, -0.2) is 18.3 Å². The zero-order chi connectivity index (χ0) is 9.07. The fraction of sp³-hybridized carbons (Fsp3) is 0.667. The van der Waals surface area contributed by atoms with Crippen molar-refractivity contribution in [2.45, 2.75) is 21.2 Å². The van der Waals surface area contributed by atoms with E-state index in [1.807, 2.05) is 45.2 Å². The van der Waals surface area contributed by atoms with Gasteiger partial charge >= 0.3 is 5.97 Å². The molecule has 0 atom stereocenters. The molecule has 0 bridgehead atoms. The summed E-state index contributed by atoms with van der Waals surface area (Å²) < 4.78 is -0.465. The van der Waals surface area contributed by atoms with Crippen molar-refractivity contribution in [1.29, 1.82) is 0 Å². The van der Waals surface area contributed by atoms with E-state index < -0.39 is 7.40 Å². The van der Waals surface area contributed by atoms with Gasteiger partial charge in [0, 0.05) is 6.42 Å². The number of carbonyl (C=O) groups excluding carboxylic acids is 1. The highest BCUT2D eigenvalue weighted by atomic mass is 127. The fourth-order valence-electron chi connectivity index (χ4n) is 0.648. The molecule has 0 aliphatic heterocycles. The van der Waals surface area contributed by atoms with Crippen LogP contribution in [0.2, 0.25) is 0 Å². The molecular weight excluding hydrogens is 374 g/mol. The molecule has 11 heavy (non-hydrogen) atoms. The number of ketones is 1. The largest absolute Gasteiger partial charge is 0.481 e. The van der Waals surface area contributed by atoms with Gasteiger partial charge in [-0.15, -0.1) is 0 Å². The molecule has 0 aromatic heterocycles. The smallest absolute Gasteiger partial charge is 0.305 e. The first-order valence-electron chi connectivity index (χ1n) is 2.92. The number of alkyl halides is 2. The molecule has 64 valence electrons.